The number of nitrogens with zero attached hydrogens (tertiary/aromatic N) is 2. The molecule has 1 aliphatic rings. The molecule has 0 unspecified atom stereocenters. The van der Waals surface area contributed by atoms with E-state index >= 15 is 0 Å². The summed E-state index contributed by atoms with van der Waals surface area (Å²) in [5, 5.41) is 8.78. The van der Waals surface area contributed by atoms with Gasteiger partial charge in [0.25, 0.3) is 0 Å². The molecule has 0 aliphatic carbocycles. The molecule has 5 heteroatoms. The largest absolute Gasteiger partial charge is 0.481 e. The molecule has 0 bridgehead atoms. The van der Waals surface area contributed by atoms with E-state index < -0.39 is 5.97 Å². The van der Waals surface area contributed by atoms with E-state index in [9.17, 15) is 9.59 Å². The third kappa shape index (κ3) is 4.69. The highest BCUT2D eigenvalue weighted by molar-refractivity contribution is 5.76. The number of urea groups is 1. The fourth-order valence-electron chi connectivity index (χ4n) is 2.73. The van der Waals surface area contributed by atoms with E-state index in [4.69, 9.17) is 5.11 Å². The summed E-state index contributed by atoms with van der Waals surface area (Å²) in [7, 11) is 0. The molecule has 2 amide bonds. The highest BCUT2D eigenvalue weighted by Gasteiger charge is 2.28. The van der Waals surface area contributed by atoms with E-state index in [1.807, 2.05) is 18.7 Å². The first-order valence-corrected chi connectivity index (χ1v) is 7.60. The number of likely N-dealkylation sites (tertiary alicyclic amines) is 1. The van der Waals surface area contributed by atoms with E-state index in [0.717, 1.165) is 25.9 Å². The number of piperidine rings is 1. The summed E-state index contributed by atoms with van der Waals surface area (Å²) >= 11 is 0. The molecule has 0 aromatic rings. The molecule has 20 heavy (non-hydrogen) atoms. The predicted molar refractivity (Wildman–Crippen MR) is 78.6 cm³/mol. The summed E-state index contributed by atoms with van der Waals surface area (Å²) in [6, 6.07) is 0.0214. The van der Waals surface area contributed by atoms with E-state index in [1.54, 1.807) is 4.90 Å². The van der Waals surface area contributed by atoms with E-state index in [2.05, 4.69) is 13.8 Å². The zero-order valence-electron chi connectivity index (χ0n) is 13.1. The zero-order chi connectivity index (χ0) is 15.3. The number of amides is 2. The lowest BCUT2D eigenvalue weighted by Crippen LogP contribution is -2.50. The fraction of sp³-hybridized carbons (Fsp3) is 0.867. The molecule has 1 rings (SSSR count). The van der Waals surface area contributed by atoms with Gasteiger partial charge in [0.1, 0.15) is 0 Å². The molecule has 0 atom stereocenters. The first-order chi connectivity index (χ1) is 9.32. The summed E-state index contributed by atoms with van der Waals surface area (Å²) < 4.78 is 0. The molecular weight excluding hydrogens is 256 g/mol. The molecule has 5 nitrogen and oxygen atoms in total. The van der Waals surface area contributed by atoms with Crippen LogP contribution in [0.4, 0.5) is 4.79 Å². The SMILES string of the molecule is CC(C)C1CCN(C(=O)N(CCC(=O)O)C(C)C)CC1. The zero-order valence-corrected chi connectivity index (χ0v) is 13.1. The predicted octanol–water partition coefficient (Wildman–Crippen LogP) is 2.66. The number of carbonyl (C=O) groups is 2. The van der Waals surface area contributed by atoms with Crippen LogP contribution >= 0.6 is 0 Å². The maximum Gasteiger partial charge on any atom is 0.320 e. The first-order valence-electron chi connectivity index (χ1n) is 7.60. The van der Waals surface area contributed by atoms with Gasteiger partial charge in [-0.1, -0.05) is 13.8 Å². The number of hydrogen-bond donors (Lipinski definition) is 1. The minimum absolute atomic E-state index is 0.00633. The van der Waals surface area contributed by atoms with Crippen LogP contribution in [-0.2, 0) is 4.79 Å². The Balaban J connectivity index is 2.56. The number of carboxylic acids is 1. The Morgan fingerprint density at radius 3 is 2.15 bits per heavy atom. The molecule has 0 aromatic carbocycles. The van der Waals surface area contributed by atoms with E-state index in [-0.39, 0.29) is 25.0 Å². The van der Waals surface area contributed by atoms with Crippen molar-refractivity contribution >= 4 is 12.0 Å². The monoisotopic (exact) mass is 284 g/mol. The second kappa shape index (κ2) is 7.50. The van der Waals surface area contributed by atoms with Gasteiger partial charge in [-0.3, -0.25) is 4.79 Å². The van der Waals surface area contributed by atoms with Gasteiger partial charge in [-0.2, -0.15) is 0 Å². The van der Waals surface area contributed by atoms with E-state index in [1.165, 1.54) is 0 Å². The summed E-state index contributed by atoms with van der Waals surface area (Å²) in [4.78, 5) is 26.7. The lowest BCUT2D eigenvalue weighted by molar-refractivity contribution is -0.137. The Labute approximate surface area is 121 Å². The maximum atomic E-state index is 12.5. The lowest BCUT2D eigenvalue weighted by atomic mass is 9.87. The van der Waals surface area contributed by atoms with Gasteiger partial charge in [0.15, 0.2) is 0 Å². The average molecular weight is 284 g/mol. The molecule has 1 aliphatic heterocycles. The quantitative estimate of drug-likeness (QED) is 0.844. The van der Waals surface area contributed by atoms with Crippen LogP contribution in [0.2, 0.25) is 0 Å². The van der Waals surface area contributed by atoms with Gasteiger partial charge in [-0.05, 0) is 38.5 Å². The van der Waals surface area contributed by atoms with Gasteiger partial charge in [-0.25, -0.2) is 4.79 Å². The smallest absolute Gasteiger partial charge is 0.320 e. The lowest BCUT2D eigenvalue weighted by Gasteiger charge is -2.38. The number of hydrogen-bond acceptors (Lipinski definition) is 2. The molecule has 1 heterocycles. The number of carbonyl (C=O) groups excluding carboxylic acids is 1. The second-order valence-electron chi connectivity index (χ2n) is 6.28. The third-order valence-electron chi connectivity index (χ3n) is 4.19. The van der Waals surface area contributed by atoms with Crippen molar-refractivity contribution in [2.45, 2.75) is 53.0 Å². The van der Waals surface area contributed by atoms with Crippen molar-refractivity contribution in [1.29, 1.82) is 0 Å². The van der Waals surface area contributed by atoms with Crippen LogP contribution in [-0.4, -0.2) is 52.6 Å². The van der Waals surface area contributed by atoms with Gasteiger partial charge in [0.05, 0.1) is 6.42 Å². The average Bonchev–Trinajstić information content (AvgIpc) is 2.38. The van der Waals surface area contributed by atoms with Crippen LogP contribution in [0.3, 0.4) is 0 Å². The minimum atomic E-state index is -0.859. The van der Waals surface area contributed by atoms with Crippen LogP contribution in [0, 0.1) is 11.8 Å². The Hall–Kier alpha value is -1.26. The number of rotatable bonds is 5. The highest BCUT2D eigenvalue weighted by atomic mass is 16.4. The summed E-state index contributed by atoms with van der Waals surface area (Å²) in [6.07, 6.45) is 2.11. The molecule has 0 aromatic heterocycles. The molecule has 0 spiro atoms. The van der Waals surface area contributed by atoms with Gasteiger partial charge in [-0.15, -0.1) is 0 Å². The highest BCUT2D eigenvalue weighted by Crippen LogP contribution is 2.25. The van der Waals surface area contributed by atoms with Crippen molar-refractivity contribution in [2.24, 2.45) is 11.8 Å². The van der Waals surface area contributed by atoms with Gasteiger partial charge in [0.2, 0.25) is 0 Å². The fourth-order valence-corrected chi connectivity index (χ4v) is 2.73. The second-order valence-corrected chi connectivity index (χ2v) is 6.28. The molecular formula is C15H28N2O3. The summed E-state index contributed by atoms with van der Waals surface area (Å²) in [5.41, 5.74) is 0. The Bertz CT molecular complexity index is 334. The van der Waals surface area contributed by atoms with E-state index in [0.29, 0.717) is 11.8 Å². The van der Waals surface area contributed by atoms with Crippen molar-refractivity contribution < 1.29 is 14.7 Å². The van der Waals surface area contributed by atoms with Crippen LogP contribution < -0.4 is 0 Å². The number of aliphatic carboxylic acids is 1. The van der Waals surface area contributed by atoms with Crippen molar-refractivity contribution in [3.8, 4) is 0 Å². The van der Waals surface area contributed by atoms with Crippen molar-refractivity contribution in [3.63, 3.8) is 0 Å². The first kappa shape index (κ1) is 16.8. The normalized spacial score (nSPS) is 16.8. The van der Waals surface area contributed by atoms with Crippen molar-refractivity contribution in [3.05, 3.63) is 0 Å². The van der Waals surface area contributed by atoms with Gasteiger partial charge < -0.3 is 14.9 Å². The standard InChI is InChI=1S/C15H28N2O3/c1-11(2)13-5-8-16(9-6-13)15(20)17(12(3)4)10-7-14(18)19/h11-13H,5-10H2,1-4H3,(H,18,19). The van der Waals surface area contributed by atoms with Crippen LogP contribution in [0.5, 0.6) is 0 Å². The summed E-state index contributed by atoms with van der Waals surface area (Å²) in [5.74, 6) is 0.507. The third-order valence-corrected chi connectivity index (χ3v) is 4.19. The Kier molecular flexibility index (Phi) is 6.30. The number of carboxylic acid groups (broad SMARTS) is 1. The molecule has 1 saturated heterocycles. The molecule has 1 N–H and O–H groups in total. The van der Waals surface area contributed by atoms with Crippen molar-refractivity contribution in [1.82, 2.24) is 9.80 Å². The molecule has 0 radical (unpaired) electrons. The molecule has 0 saturated carbocycles. The summed E-state index contributed by atoms with van der Waals surface area (Å²) in [6.45, 7) is 10.2. The maximum absolute atomic E-state index is 12.5. The van der Waals surface area contributed by atoms with Gasteiger partial charge in [0, 0.05) is 25.7 Å². The van der Waals surface area contributed by atoms with Gasteiger partial charge >= 0.3 is 12.0 Å². The molecule has 1 fully saturated rings. The van der Waals surface area contributed by atoms with Crippen LogP contribution in [0.15, 0.2) is 0 Å². The Morgan fingerprint density at radius 1 is 1.20 bits per heavy atom. The minimum Gasteiger partial charge on any atom is -0.481 e. The van der Waals surface area contributed by atoms with Crippen molar-refractivity contribution in [2.75, 3.05) is 19.6 Å². The van der Waals surface area contributed by atoms with Crippen LogP contribution in [0.25, 0.3) is 0 Å². The van der Waals surface area contributed by atoms with Crippen LogP contribution in [0.1, 0.15) is 47.0 Å². The molecule has 116 valence electrons. The topological polar surface area (TPSA) is 60.9 Å². The Morgan fingerprint density at radius 2 is 1.75 bits per heavy atom.